The molecule has 0 fully saturated rings. The van der Waals surface area contributed by atoms with Crippen molar-refractivity contribution >= 4 is 35.0 Å². The zero-order valence-electron chi connectivity index (χ0n) is 20.2. The van der Waals surface area contributed by atoms with Gasteiger partial charge in [0.1, 0.15) is 0 Å². The van der Waals surface area contributed by atoms with Crippen LogP contribution in [0, 0.1) is 13.8 Å². The van der Waals surface area contributed by atoms with Gasteiger partial charge in [0.15, 0.2) is 0 Å². The lowest BCUT2D eigenvalue weighted by atomic mass is 9.97. The molecule has 3 rings (SSSR count). The number of alkyl halides is 3. The normalized spacial score (nSPS) is 12.4. The predicted octanol–water partition coefficient (Wildman–Crippen LogP) is 7.89. The van der Waals surface area contributed by atoms with Gasteiger partial charge in [-0.25, -0.2) is 0 Å². The lowest BCUT2D eigenvalue weighted by molar-refractivity contribution is -0.138. The number of halogens is 3. The number of aliphatic carboxylic acids is 1. The van der Waals surface area contributed by atoms with Crippen LogP contribution < -0.4 is 5.32 Å². The average molecular weight is 536 g/mol. The van der Waals surface area contributed by atoms with Crippen molar-refractivity contribution in [2.45, 2.75) is 56.4 Å². The number of amides is 1. The fourth-order valence-electron chi connectivity index (χ4n) is 3.76. The molecule has 192 valence electrons. The Labute approximate surface area is 216 Å². The Balaban J connectivity index is 1.79. The van der Waals surface area contributed by atoms with Crippen LogP contribution in [-0.4, -0.2) is 23.5 Å². The summed E-state index contributed by atoms with van der Waals surface area (Å²) in [7, 11) is 0. The molecule has 0 saturated carbocycles. The van der Waals surface area contributed by atoms with E-state index in [0.29, 0.717) is 4.88 Å². The van der Waals surface area contributed by atoms with Crippen LogP contribution in [0.25, 0.3) is 11.1 Å². The average Bonchev–Trinajstić information content (AvgIpc) is 3.30. The molecule has 1 unspecified atom stereocenters. The third kappa shape index (κ3) is 7.13. The van der Waals surface area contributed by atoms with Crippen molar-refractivity contribution in [3.8, 4) is 11.1 Å². The summed E-state index contributed by atoms with van der Waals surface area (Å²) in [5.41, 5.74) is 2.98. The van der Waals surface area contributed by atoms with Crippen molar-refractivity contribution in [2.75, 3.05) is 6.54 Å². The summed E-state index contributed by atoms with van der Waals surface area (Å²) in [6, 6.07) is 13.0. The van der Waals surface area contributed by atoms with Crippen LogP contribution in [0.3, 0.4) is 0 Å². The van der Waals surface area contributed by atoms with E-state index in [4.69, 9.17) is 5.11 Å². The molecular weight excluding hydrogens is 507 g/mol. The van der Waals surface area contributed by atoms with Crippen LogP contribution >= 0.6 is 23.1 Å². The van der Waals surface area contributed by atoms with Gasteiger partial charge in [-0.3, -0.25) is 9.59 Å². The molecule has 0 aliphatic rings. The molecule has 2 aromatic carbocycles. The van der Waals surface area contributed by atoms with E-state index in [2.05, 4.69) is 18.3 Å². The minimum Gasteiger partial charge on any atom is -0.481 e. The van der Waals surface area contributed by atoms with E-state index in [-0.39, 0.29) is 24.1 Å². The molecule has 2 N–H and O–H groups in total. The summed E-state index contributed by atoms with van der Waals surface area (Å²) in [4.78, 5) is 25.7. The van der Waals surface area contributed by atoms with Crippen molar-refractivity contribution in [1.29, 1.82) is 0 Å². The maximum absolute atomic E-state index is 12.9. The molecule has 1 atom stereocenters. The van der Waals surface area contributed by atoms with Gasteiger partial charge < -0.3 is 10.4 Å². The molecule has 1 amide bonds. The molecule has 0 radical (unpaired) electrons. The van der Waals surface area contributed by atoms with Gasteiger partial charge in [0.25, 0.3) is 5.91 Å². The van der Waals surface area contributed by atoms with E-state index in [1.54, 1.807) is 17.8 Å². The molecule has 1 heterocycles. The van der Waals surface area contributed by atoms with Gasteiger partial charge in [-0.1, -0.05) is 31.5 Å². The first-order chi connectivity index (χ1) is 17.0. The molecule has 9 heteroatoms. The van der Waals surface area contributed by atoms with E-state index in [9.17, 15) is 22.8 Å². The highest BCUT2D eigenvalue weighted by atomic mass is 32.2. The first kappa shape index (κ1) is 27.8. The monoisotopic (exact) mass is 535 g/mol. The molecular formula is C27H28F3NO3S2. The van der Waals surface area contributed by atoms with Crippen molar-refractivity contribution in [3.63, 3.8) is 0 Å². The number of carboxylic acids is 1. The van der Waals surface area contributed by atoms with Crippen LogP contribution in [-0.2, 0) is 11.0 Å². The van der Waals surface area contributed by atoms with Crippen LogP contribution in [0.4, 0.5) is 13.2 Å². The van der Waals surface area contributed by atoms with Gasteiger partial charge >= 0.3 is 12.1 Å². The largest absolute Gasteiger partial charge is 0.481 e. The van der Waals surface area contributed by atoms with Crippen molar-refractivity contribution in [3.05, 3.63) is 75.0 Å². The minimum absolute atomic E-state index is 0.0816. The first-order valence-corrected chi connectivity index (χ1v) is 13.2. The first-order valence-electron chi connectivity index (χ1n) is 11.5. The number of hydrogen-bond acceptors (Lipinski definition) is 4. The number of carbonyl (C=O) groups excluding carboxylic acids is 1. The standard InChI is InChI=1S/C27H28F3NO3S2/c1-4-5-21(22-10-11-23(35-22)26(34)31-13-12-25(32)33)36-24-15-16(2)20(14-17(24)3)18-6-8-19(9-7-18)27(28,29)30/h6-11,14-15,21H,4-5,12-13H2,1-3H3,(H,31,34)(H,32,33). The van der Waals surface area contributed by atoms with Gasteiger partial charge in [0.05, 0.1) is 16.9 Å². The number of rotatable bonds is 10. The number of thioether (sulfide) groups is 1. The second-order valence-electron chi connectivity index (χ2n) is 8.50. The van der Waals surface area contributed by atoms with Crippen LogP contribution in [0.15, 0.2) is 53.4 Å². The highest BCUT2D eigenvalue weighted by molar-refractivity contribution is 7.99. The number of hydrogen-bond donors (Lipinski definition) is 2. The van der Waals surface area contributed by atoms with Gasteiger partial charge in [0.2, 0.25) is 0 Å². The number of thiophene rings is 1. The Hall–Kier alpha value is -2.78. The quantitative estimate of drug-likeness (QED) is 0.259. The number of nitrogens with one attached hydrogen (secondary N) is 1. The van der Waals surface area contributed by atoms with Crippen molar-refractivity contribution < 1.29 is 27.9 Å². The highest BCUT2D eigenvalue weighted by Crippen LogP contribution is 2.44. The summed E-state index contributed by atoms with van der Waals surface area (Å²) < 4.78 is 38.8. The molecule has 0 bridgehead atoms. The van der Waals surface area contributed by atoms with Crippen LogP contribution in [0.1, 0.15) is 62.7 Å². The van der Waals surface area contributed by atoms with E-state index in [0.717, 1.165) is 57.0 Å². The predicted molar refractivity (Wildman–Crippen MR) is 139 cm³/mol. The summed E-state index contributed by atoms with van der Waals surface area (Å²) in [5, 5.41) is 11.5. The molecule has 1 aromatic heterocycles. The Bertz CT molecular complexity index is 1220. The molecule has 36 heavy (non-hydrogen) atoms. The summed E-state index contributed by atoms with van der Waals surface area (Å²) in [6.07, 6.45) is -2.62. The van der Waals surface area contributed by atoms with E-state index >= 15 is 0 Å². The zero-order valence-corrected chi connectivity index (χ0v) is 21.9. The smallest absolute Gasteiger partial charge is 0.416 e. The Kier molecular flexibility index (Phi) is 9.24. The van der Waals surface area contributed by atoms with Crippen LogP contribution in [0.2, 0.25) is 0 Å². The summed E-state index contributed by atoms with van der Waals surface area (Å²) in [5.74, 6) is -1.24. The Morgan fingerprint density at radius 1 is 1.06 bits per heavy atom. The molecule has 0 aliphatic carbocycles. The molecule has 3 aromatic rings. The molecule has 0 spiro atoms. The van der Waals surface area contributed by atoms with Gasteiger partial charge in [-0.15, -0.1) is 23.1 Å². The third-order valence-corrected chi connectivity index (χ3v) is 8.47. The number of aryl methyl sites for hydroxylation is 2. The maximum Gasteiger partial charge on any atom is 0.416 e. The third-order valence-electron chi connectivity index (χ3n) is 5.66. The Morgan fingerprint density at radius 3 is 2.36 bits per heavy atom. The second-order valence-corrected chi connectivity index (χ2v) is 10.9. The molecule has 4 nitrogen and oxygen atoms in total. The van der Waals surface area contributed by atoms with Crippen molar-refractivity contribution in [1.82, 2.24) is 5.32 Å². The van der Waals surface area contributed by atoms with Gasteiger partial charge in [0, 0.05) is 21.6 Å². The Morgan fingerprint density at radius 2 is 1.75 bits per heavy atom. The van der Waals surface area contributed by atoms with Crippen LogP contribution in [0.5, 0.6) is 0 Å². The maximum atomic E-state index is 12.9. The lowest BCUT2D eigenvalue weighted by Crippen LogP contribution is -2.25. The number of carbonyl (C=O) groups is 2. The molecule has 0 saturated heterocycles. The summed E-state index contributed by atoms with van der Waals surface area (Å²) in [6.45, 7) is 6.13. The SMILES string of the molecule is CCCC(Sc1cc(C)c(-c2ccc(C(F)(F)F)cc2)cc1C)c1ccc(C(=O)NCCC(=O)O)s1. The van der Waals surface area contributed by atoms with E-state index < -0.39 is 17.7 Å². The second kappa shape index (κ2) is 12.0. The number of carboxylic acid groups (broad SMARTS) is 1. The number of benzene rings is 2. The fraction of sp³-hybridized carbons (Fsp3) is 0.333. The fourth-order valence-corrected chi connectivity index (χ4v) is 6.33. The van der Waals surface area contributed by atoms with Crippen molar-refractivity contribution in [2.24, 2.45) is 0 Å². The van der Waals surface area contributed by atoms with Gasteiger partial charge in [-0.2, -0.15) is 13.2 Å². The zero-order chi connectivity index (χ0) is 26.5. The van der Waals surface area contributed by atoms with E-state index in [1.807, 2.05) is 26.0 Å². The lowest BCUT2D eigenvalue weighted by Gasteiger charge is -2.18. The topological polar surface area (TPSA) is 66.4 Å². The van der Waals surface area contributed by atoms with Gasteiger partial charge in [-0.05, 0) is 72.9 Å². The summed E-state index contributed by atoms with van der Waals surface area (Å²) >= 11 is 3.12. The highest BCUT2D eigenvalue weighted by Gasteiger charge is 2.30. The van der Waals surface area contributed by atoms with E-state index in [1.165, 1.54) is 23.5 Å². The molecule has 0 aliphatic heterocycles. The minimum atomic E-state index is -4.36.